The number of hydrogen-bond acceptors (Lipinski definition) is 5. The molecule has 1 aromatic heterocycles. The normalized spacial score (nSPS) is 15.4. The van der Waals surface area contributed by atoms with Crippen molar-refractivity contribution in [1.82, 2.24) is 20.1 Å². The van der Waals surface area contributed by atoms with Crippen molar-refractivity contribution in [2.24, 2.45) is 0 Å². The number of aryl methyl sites for hydroxylation is 1. The van der Waals surface area contributed by atoms with Crippen LogP contribution in [0.1, 0.15) is 10.7 Å². The van der Waals surface area contributed by atoms with Crippen molar-refractivity contribution in [3.8, 4) is 0 Å². The van der Waals surface area contributed by atoms with E-state index in [1.54, 1.807) is 11.3 Å². The standard InChI is InChI=1S/C12H20N4OS.ClH/c1-10-14-11(9-18-10)7-15(2)8-12(17)16-5-3-13-4-6-16;/h9,13H,3-8H2,1-2H3;1H. The van der Waals surface area contributed by atoms with E-state index in [1.165, 1.54) is 0 Å². The van der Waals surface area contributed by atoms with Crippen LogP contribution in [0.4, 0.5) is 0 Å². The Balaban J connectivity index is 0.00000180. The molecule has 0 aliphatic carbocycles. The van der Waals surface area contributed by atoms with Crippen molar-refractivity contribution in [2.45, 2.75) is 13.5 Å². The molecule has 2 rings (SSSR count). The van der Waals surface area contributed by atoms with Gasteiger partial charge in [0.2, 0.25) is 5.91 Å². The number of piperazine rings is 1. The first-order chi connectivity index (χ1) is 8.65. The van der Waals surface area contributed by atoms with E-state index in [-0.39, 0.29) is 18.3 Å². The summed E-state index contributed by atoms with van der Waals surface area (Å²) in [5, 5.41) is 6.38. The van der Waals surface area contributed by atoms with Crippen LogP contribution in [0, 0.1) is 6.92 Å². The lowest BCUT2D eigenvalue weighted by molar-refractivity contribution is -0.132. The van der Waals surface area contributed by atoms with Crippen LogP contribution in [-0.2, 0) is 11.3 Å². The minimum absolute atomic E-state index is 0. The molecule has 0 spiro atoms. The Kier molecular flexibility index (Phi) is 6.71. The first kappa shape index (κ1) is 16.4. The highest BCUT2D eigenvalue weighted by atomic mass is 35.5. The van der Waals surface area contributed by atoms with Crippen molar-refractivity contribution in [2.75, 3.05) is 39.8 Å². The maximum atomic E-state index is 12.0. The predicted octanol–water partition coefficient (Wildman–Crippen LogP) is 0.737. The summed E-state index contributed by atoms with van der Waals surface area (Å²) in [4.78, 5) is 20.4. The zero-order valence-corrected chi connectivity index (χ0v) is 13.0. The van der Waals surface area contributed by atoms with E-state index >= 15 is 0 Å². The number of aromatic nitrogens is 1. The summed E-state index contributed by atoms with van der Waals surface area (Å²) >= 11 is 1.65. The van der Waals surface area contributed by atoms with Crippen molar-refractivity contribution in [3.63, 3.8) is 0 Å². The Hall–Kier alpha value is -0.690. The molecular weight excluding hydrogens is 284 g/mol. The molecule has 1 amide bonds. The first-order valence-electron chi connectivity index (χ1n) is 6.23. The van der Waals surface area contributed by atoms with Gasteiger partial charge in [0.25, 0.3) is 0 Å². The zero-order valence-electron chi connectivity index (χ0n) is 11.4. The Morgan fingerprint density at radius 2 is 2.21 bits per heavy atom. The number of carbonyl (C=O) groups excluding carboxylic acids is 1. The zero-order chi connectivity index (χ0) is 13.0. The number of nitrogens with one attached hydrogen (secondary N) is 1. The topological polar surface area (TPSA) is 48.5 Å². The van der Waals surface area contributed by atoms with Gasteiger partial charge in [0, 0.05) is 38.1 Å². The number of halogens is 1. The summed E-state index contributed by atoms with van der Waals surface area (Å²) in [7, 11) is 1.97. The van der Waals surface area contributed by atoms with Crippen molar-refractivity contribution in [1.29, 1.82) is 0 Å². The van der Waals surface area contributed by atoms with E-state index in [4.69, 9.17) is 0 Å². The number of amides is 1. The van der Waals surface area contributed by atoms with Crippen LogP contribution in [0.3, 0.4) is 0 Å². The number of nitrogens with zero attached hydrogens (tertiary/aromatic N) is 3. The fraction of sp³-hybridized carbons (Fsp3) is 0.667. The van der Waals surface area contributed by atoms with E-state index < -0.39 is 0 Å². The molecule has 1 aromatic rings. The highest BCUT2D eigenvalue weighted by Gasteiger charge is 2.17. The van der Waals surface area contributed by atoms with Gasteiger partial charge in [-0.25, -0.2) is 4.98 Å². The molecule has 1 N–H and O–H groups in total. The van der Waals surface area contributed by atoms with Crippen molar-refractivity contribution < 1.29 is 4.79 Å². The average Bonchev–Trinajstić information content (AvgIpc) is 2.75. The van der Waals surface area contributed by atoms with Gasteiger partial charge in [-0.15, -0.1) is 23.7 Å². The van der Waals surface area contributed by atoms with E-state index in [9.17, 15) is 4.79 Å². The highest BCUT2D eigenvalue weighted by Crippen LogP contribution is 2.09. The minimum Gasteiger partial charge on any atom is -0.339 e. The monoisotopic (exact) mass is 304 g/mol. The summed E-state index contributed by atoms with van der Waals surface area (Å²) in [6.07, 6.45) is 0. The van der Waals surface area contributed by atoms with E-state index in [1.807, 2.05) is 23.8 Å². The van der Waals surface area contributed by atoms with Crippen molar-refractivity contribution >= 4 is 29.7 Å². The Morgan fingerprint density at radius 1 is 1.53 bits per heavy atom. The third kappa shape index (κ3) is 5.06. The SMILES string of the molecule is Cc1nc(CN(C)CC(=O)N2CCNCC2)cs1.Cl. The van der Waals surface area contributed by atoms with Crippen LogP contribution < -0.4 is 5.32 Å². The molecule has 1 saturated heterocycles. The number of rotatable bonds is 4. The van der Waals surface area contributed by atoms with Crippen LogP contribution >= 0.6 is 23.7 Å². The van der Waals surface area contributed by atoms with Crippen LogP contribution in [0.15, 0.2) is 5.38 Å². The molecule has 1 fully saturated rings. The molecule has 0 unspecified atom stereocenters. The van der Waals surface area contributed by atoms with Crippen molar-refractivity contribution in [3.05, 3.63) is 16.1 Å². The Labute approximate surface area is 124 Å². The van der Waals surface area contributed by atoms with Gasteiger partial charge in [0.15, 0.2) is 0 Å². The number of thiazole rings is 1. The summed E-state index contributed by atoms with van der Waals surface area (Å²) in [6.45, 7) is 6.66. The highest BCUT2D eigenvalue weighted by molar-refractivity contribution is 7.09. The van der Waals surface area contributed by atoms with Gasteiger partial charge >= 0.3 is 0 Å². The van der Waals surface area contributed by atoms with Gasteiger partial charge in [-0.1, -0.05) is 0 Å². The van der Waals surface area contributed by atoms with E-state index in [2.05, 4.69) is 15.7 Å². The smallest absolute Gasteiger partial charge is 0.236 e. The van der Waals surface area contributed by atoms with Crippen LogP contribution in [0.5, 0.6) is 0 Å². The van der Waals surface area contributed by atoms with Crippen LogP contribution in [-0.4, -0.2) is 60.5 Å². The first-order valence-corrected chi connectivity index (χ1v) is 7.11. The lowest BCUT2D eigenvalue weighted by atomic mass is 10.3. The molecule has 108 valence electrons. The molecule has 1 aliphatic rings. The molecule has 1 aliphatic heterocycles. The third-order valence-electron chi connectivity index (χ3n) is 2.97. The lowest BCUT2D eigenvalue weighted by Crippen LogP contribution is -2.49. The molecule has 7 heteroatoms. The van der Waals surface area contributed by atoms with E-state index in [0.29, 0.717) is 6.54 Å². The predicted molar refractivity (Wildman–Crippen MR) is 79.9 cm³/mol. The number of hydrogen-bond donors (Lipinski definition) is 1. The third-order valence-corrected chi connectivity index (χ3v) is 3.80. The molecule has 5 nitrogen and oxygen atoms in total. The van der Waals surface area contributed by atoms with Crippen LogP contribution in [0.2, 0.25) is 0 Å². The number of carbonyl (C=O) groups is 1. The maximum Gasteiger partial charge on any atom is 0.236 e. The summed E-state index contributed by atoms with van der Waals surface area (Å²) in [5.41, 5.74) is 1.05. The second-order valence-electron chi connectivity index (χ2n) is 4.66. The average molecular weight is 305 g/mol. The van der Waals surface area contributed by atoms with E-state index in [0.717, 1.165) is 43.4 Å². The fourth-order valence-electron chi connectivity index (χ4n) is 2.06. The molecular formula is C12H21ClN4OS. The molecule has 2 heterocycles. The summed E-state index contributed by atoms with van der Waals surface area (Å²) in [5.74, 6) is 0.214. The molecule has 0 radical (unpaired) electrons. The van der Waals surface area contributed by atoms with Gasteiger partial charge < -0.3 is 10.2 Å². The quantitative estimate of drug-likeness (QED) is 0.891. The molecule has 19 heavy (non-hydrogen) atoms. The van der Waals surface area contributed by atoms with Crippen LogP contribution in [0.25, 0.3) is 0 Å². The second-order valence-corrected chi connectivity index (χ2v) is 5.72. The summed E-state index contributed by atoms with van der Waals surface area (Å²) < 4.78 is 0. The largest absolute Gasteiger partial charge is 0.339 e. The Bertz CT molecular complexity index is 406. The molecule has 0 aromatic carbocycles. The lowest BCUT2D eigenvalue weighted by Gasteiger charge is -2.29. The molecule has 0 saturated carbocycles. The fourth-order valence-corrected chi connectivity index (χ4v) is 2.66. The maximum absolute atomic E-state index is 12.0. The molecule has 0 atom stereocenters. The molecule has 0 bridgehead atoms. The summed E-state index contributed by atoms with van der Waals surface area (Å²) in [6, 6.07) is 0. The number of likely N-dealkylation sites (N-methyl/N-ethyl adjacent to an activating group) is 1. The van der Waals surface area contributed by atoms with Gasteiger partial charge in [-0.05, 0) is 14.0 Å². The van der Waals surface area contributed by atoms with Gasteiger partial charge in [-0.3, -0.25) is 9.69 Å². The van der Waals surface area contributed by atoms with Gasteiger partial charge in [-0.2, -0.15) is 0 Å². The second kappa shape index (κ2) is 7.79. The van der Waals surface area contributed by atoms with Gasteiger partial charge in [0.05, 0.1) is 17.2 Å². The van der Waals surface area contributed by atoms with Gasteiger partial charge in [0.1, 0.15) is 0 Å². The minimum atomic E-state index is 0. The Morgan fingerprint density at radius 3 is 2.79 bits per heavy atom.